The number of hydrogen-bond donors (Lipinski definition) is 0. The molecule has 126 valence electrons. The van der Waals surface area contributed by atoms with Crippen LogP contribution in [0.3, 0.4) is 0 Å². The second-order valence-corrected chi connectivity index (χ2v) is 5.62. The van der Waals surface area contributed by atoms with E-state index in [1.807, 2.05) is 0 Å². The number of methoxy groups -OCH3 is 2. The molecule has 2 aromatic carbocycles. The summed E-state index contributed by atoms with van der Waals surface area (Å²) in [5.41, 5.74) is 0.400. The summed E-state index contributed by atoms with van der Waals surface area (Å²) >= 11 is 11.9. The fraction of sp³-hybridized carbons (Fsp3) is 0.188. The Hall–Kier alpha value is -2.31. The molecule has 2 rings (SSSR count). The van der Waals surface area contributed by atoms with Crippen molar-refractivity contribution in [3.63, 3.8) is 0 Å². The van der Waals surface area contributed by atoms with E-state index in [0.717, 1.165) is 0 Å². The van der Waals surface area contributed by atoms with Crippen LogP contribution < -0.4 is 9.47 Å². The van der Waals surface area contributed by atoms with Gasteiger partial charge in [-0.25, -0.2) is 0 Å². The van der Waals surface area contributed by atoms with Crippen LogP contribution in [-0.2, 0) is 4.79 Å². The molecule has 0 spiro atoms. The fourth-order valence-electron chi connectivity index (χ4n) is 2.33. The van der Waals surface area contributed by atoms with E-state index in [-0.39, 0.29) is 27.8 Å². The molecule has 0 fully saturated rings. The van der Waals surface area contributed by atoms with E-state index in [1.54, 1.807) is 6.07 Å². The molecule has 24 heavy (non-hydrogen) atoms. The number of carbonyl (C=O) groups is 1. The van der Waals surface area contributed by atoms with E-state index in [9.17, 15) is 14.9 Å². The van der Waals surface area contributed by atoms with Crippen molar-refractivity contribution in [1.82, 2.24) is 0 Å². The molecule has 0 aliphatic carbocycles. The van der Waals surface area contributed by atoms with Crippen molar-refractivity contribution < 1.29 is 19.2 Å². The molecule has 0 aliphatic heterocycles. The fourth-order valence-corrected chi connectivity index (χ4v) is 2.63. The van der Waals surface area contributed by atoms with Crippen molar-refractivity contribution in [2.45, 2.75) is 5.92 Å². The molecule has 0 amide bonds. The molecule has 0 aromatic heterocycles. The van der Waals surface area contributed by atoms with E-state index >= 15 is 0 Å². The summed E-state index contributed by atoms with van der Waals surface area (Å²) in [5.74, 6) is -0.420. The van der Waals surface area contributed by atoms with E-state index in [1.165, 1.54) is 38.5 Å². The summed E-state index contributed by atoms with van der Waals surface area (Å²) < 4.78 is 10.3. The molecule has 8 heteroatoms. The van der Waals surface area contributed by atoms with E-state index in [4.69, 9.17) is 32.7 Å². The van der Waals surface area contributed by atoms with Crippen molar-refractivity contribution in [3.8, 4) is 11.5 Å². The highest BCUT2D eigenvalue weighted by atomic mass is 35.5. The number of ether oxygens (including phenoxy) is 2. The Balaban J connectivity index is 2.68. The van der Waals surface area contributed by atoms with Crippen LogP contribution >= 0.6 is 23.2 Å². The van der Waals surface area contributed by atoms with Gasteiger partial charge in [-0.05, 0) is 23.8 Å². The van der Waals surface area contributed by atoms with Gasteiger partial charge in [-0.1, -0.05) is 29.3 Å². The SMILES string of the molecule is COc1cc(C(C=O)c2ccc(Cl)c(Cl)c2)c([N+](=O)[O-])cc1OC. The molecular formula is C16H13Cl2NO5. The van der Waals surface area contributed by atoms with Crippen LogP contribution in [0.15, 0.2) is 30.3 Å². The second-order valence-electron chi connectivity index (χ2n) is 4.81. The third kappa shape index (κ3) is 3.44. The molecule has 0 radical (unpaired) electrons. The lowest BCUT2D eigenvalue weighted by atomic mass is 9.91. The highest BCUT2D eigenvalue weighted by molar-refractivity contribution is 6.42. The summed E-state index contributed by atoms with van der Waals surface area (Å²) in [7, 11) is 2.78. The highest BCUT2D eigenvalue weighted by Gasteiger charge is 2.27. The predicted molar refractivity (Wildman–Crippen MR) is 90.6 cm³/mol. The standard InChI is InChI=1S/C16H13Cl2NO5/c1-23-15-6-10(14(19(21)22)7-16(15)24-2)11(8-20)9-3-4-12(17)13(18)5-9/h3-8,11H,1-2H3. The zero-order chi connectivity index (χ0) is 17.9. The number of benzene rings is 2. The van der Waals surface area contributed by atoms with Crippen LogP contribution in [-0.4, -0.2) is 25.4 Å². The van der Waals surface area contributed by atoms with Gasteiger partial charge in [0.2, 0.25) is 0 Å². The largest absolute Gasteiger partial charge is 0.493 e. The van der Waals surface area contributed by atoms with Gasteiger partial charge in [0.1, 0.15) is 6.29 Å². The quantitative estimate of drug-likeness (QED) is 0.432. The van der Waals surface area contributed by atoms with Crippen molar-refractivity contribution >= 4 is 35.2 Å². The maximum absolute atomic E-state index is 11.7. The topological polar surface area (TPSA) is 78.7 Å². The molecule has 0 heterocycles. The number of aldehydes is 1. The number of carbonyl (C=O) groups excluding carboxylic acids is 1. The van der Waals surface area contributed by atoms with Gasteiger partial charge in [0.15, 0.2) is 11.5 Å². The molecule has 0 aliphatic rings. The first-order valence-electron chi connectivity index (χ1n) is 6.73. The minimum Gasteiger partial charge on any atom is -0.493 e. The maximum atomic E-state index is 11.7. The van der Waals surface area contributed by atoms with Gasteiger partial charge in [-0.2, -0.15) is 0 Å². The lowest BCUT2D eigenvalue weighted by Gasteiger charge is -2.15. The first kappa shape index (κ1) is 18.0. The Labute approximate surface area is 148 Å². The lowest BCUT2D eigenvalue weighted by molar-refractivity contribution is -0.385. The Morgan fingerprint density at radius 2 is 1.71 bits per heavy atom. The molecule has 0 saturated carbocycles. The molecule has 1 unspecified atom stereocenters. The van der Waals surface area contributed by atoms with E-state index < -0.39 is 10.8 Å². The average molecular weight is 370 g/mol. The van der Waals surface area contributed by atoms with E-state index in [2.05, 4.69) is 0 Å². The summed E-state index contributed by atoms with van der Waals surface area (Å²) in [6.45, 7) is 0. The zero-order valence-electron chi connectivity index (χ0n) is 12.8. The summed E-state index contributed by atoms with van der Waals surface area (Å²) in [4.78, 5) is 22.5. The van der Waals surface area contributed by atoms with Gasteiger partial charge in [-0.15, -0.1) is 0 Å². The number of nitrogens with zero attached hydrogens (tertiary/aromatic N) is 1. The Bertz CT molecular complexity index is 794. The van der Waals surface area contributed by atoms with Gasteiger partial charge >= 0.3 is 0 Å². The maximum Gasteiger partial charge on any atom is 0.277 e. The van der Waals surface area contributed by atoms with Crippen molar-refractivity contribution in [2.75, 3.05) is 14.2 Å². The molecule has 0 N–H and O–H groups in total. The molecule has 0 saturated heterocycles. The van der Waals surface area contributed by atoms with Crippen LogP contribution in [0.2, 0.25) is 10.0 Å². The lowest BCUT2D eigenvalue weighted by Crippen LogP contribution is -2.07. The third-order valence-electron chi connectivity index (χ3n) is 3.50. The van der Waals surface area contributed by atoms with Crippen LogP contribution in [0.5, 0.6) is 11.5 Å². The molecule has 6 nitrogen and oxygen atoms in total. The Kier molecular flexibility index (Phi) is 5.64. The normalized spacial score (nSPS) is 11.7. The van der Waals surface area contributed by atoms with Gasteiger partial charge in [-0.3, -0.25) is 10.1 Å². The average Bonchev–Trinajstić information content (AvgIpc) is 2.57. The van der Waals surface area contributed by atoms with Gasteiger partial charge in [0.25, 0.3) is 5.69 Å². The molecule has 1 atom stereocenters. The van der Waals surface area contributed by atoms with E-state index in [0.29, 0.717) is 16.9 Å². The van der Waals surface area contributed by atoms with Crippen LogP contribution in [0.1, 0.15) is 17.0 Å². The first-order chi connectivity index (χ1) is 11.4. The summed E-state index contributed by atoms with van der Waals surface area (Å²) in [6.07, 6.45) is 0.605. The molecule has 0 bridgehead atoms. The first-order valence-corrected chi connectivity index (χ1v) is 7.49. The predicted octanol–water partition coefficient (Wildman–Crippen LogP) is 4.25. The third-order valence-corrected chi connectivity index (χ3v) is 4.24. The second kappa shape index (κ2) is 7.51. The number of nitro groups is 1. The molecule has 2 aromatic rings. The smallest absolute Gasteiger partial charge is 0.277 e. The number of halogens is 2. The number of hydrogen-bond acceptors (Lipinski definition) is 5. The van der Waals surface area contributed by atoms with Crippen LogP contribution in [0, 0.1) is 10.1 Å². The monoisotopic (exact) mass is 369 g/mol. The molecular weight excluding hydrogens is 357 g/mol. The van der Waals surface area contributed by atoms with Crippen molar-refractivity contribution in [1.29, 1.82) is 0 Å². The zero-order valence-corrected chi connectivity index (χ0v) is 14.3. The number of nitro benzene ring substituents is 1. The number of rotatable bonds is 6. The Morgan fingerprint density at radius 1 is 1.08 bits per heavy atom. The van der Waals surface area contributed by atoms with Gasteiger partial charge in [0.05, 0.1) is 41.2 Å². The van der Waals surface area contributed by atoms with Crippen molar-refractivity contribution in [3.05, 3.63) is 61.6 Å². The minimum absolute atomic E-state index is 0.172. The summed E-state index contributed by atoms with van der Waals surface area (Å²) in [6, 6.07) is 7.26. The van der Waals surface area contributed by atoms with Gasteiger partial charge in [0, 0.05) is 5.56 Å². The van der Waals surface area contributed by atoms with Crippen molar-refractivity contribution in [2.24, 2.45) is 0 Å². The van der Waals surface area contributed by atoms with Crippen LogP contribution in [0.4, 0.5) is 5.69 Å². The van der Waals surface area contributed by atoms with Crippen LogP contribution in [0.25, 0.3) is 0 Å². The highest BCUT2D eigenvalue weighted by Crippen LogP contribution is 2.40. The Morgan fingerprint density at radius 3 is 2.21 bits per heavy atom. The van der Waals surface area contributed by atoms with Gasteiger partial charge < -0.3 is 14.3 Å². The summed E-state index contributed by atoms with van der Waals surface area (Å²) in [5, 5.41) is 12.0. The minimum atomic E-state index is -0.903.